The first kappa shape index (κ1) is 20.6. The number of hydrogen-bond acceptors (Lipinski definition) is 6. The molecule has 2 saturated heterocycles. The van der Waals surface area contributed by atoms with E-state index in [1.54, 1.807) is 20.8 Å². The van der Waals surface area contributed by atoms with Crippen LogP contribution in [-0.2, 0) is 25.1 Å². The molecular formula is C18H21ClN2O6S. The van der Waals surface area contributed by atoms with Crippen LogP contribution in [-0.4, -0.2) is 63.7 Å². The van der Waals surface area contributed by atoms with Crippen molar-refractivity contribution in [2.24, 2.45) is 0 Å². The second-order valence-electron chi connectivity index (χ2n) is 7.87. The van der Waals surface area contributed by atoms with E-state index in [0.29, 0.717) is 13.1 Å². The Hall–Kier alpha value is -2.13. The first-order valence-corrected chi connectivity index (χ1v) is 10.3. The van der Waals surface area contributed by atoms with Gasteiger partial charge in [0.1, 0.15) is 23.5 Å². The highest BCUT2D eigenvalue weighted by Gasteiger charge is 2.51. The third-order valence-electron chi connectivity index (χ3n) is 4.25. The van der Waals surface area contributed by atoms with Crippen molar-refractivity contribution in [1.29, 1.82) is 0 Å². The maximum Gasteiger partial charge on any atom is 0.407 e. The van der Waals surface area contributed by atoms with Gasteiger partial charge < -0.3 is 19.7 Å². The van der Waals surface area contributed by atoms with Gasteiger partial charge in [-0.05, 0) is 39.0 Å². The van der Waals surface area contributed by atoms with Crippen LogP contribution in [0.25, 0.3) is 0 Å². The largest absolute Gasteiger partial charge is 0.456 e. The number of nitrogens with one attached hydrogen (secondary N) is 1. The van der Waals surface area contributed by atoms with E-state index in [1.165, 1.54) is 23.1 Å². The number of cyclic esters (lactones) is 1. The number of carbonyl (C=O) groups is 3. The van der Waals surface area contributed by atoms with Crippen molar-refractivity contribution in [2.45, 2.75) is 36.8 Å². The molecule has 2 heterocycles. The number of benzene rings is 1. The highest BCUT2D eigenvalue weighted by Crippen LogP contribution is 2.27. The summed E-state index contributed by atoms with van der Waals surface area (Å²) in [4.78, 5) is 37.4. The molecule has 3 rings (SSSR count). The third-order valence-corrected chi connectivity index (χ3v) is 6.03. The van der Waals surface area contributed by atoms with E-state index in [9.17, 15) is 18.6 Å². The molecule has 0 saturated carbocycles. The van der Waals surface area contributed by atoms with Crippen LogP contribution < -0.4 is 5.32 Å². The van der Waals surface area contributed by atoms with Crippen LogP contribution in [0.5, 0.6) is 0 Å². The number of ether oxygens (including phenoxy) is 2. The van der Waals surface area contributed by atoms with Crippen LogP contribution in [0, 0.1) is 0 Å². The zero-order chi connectivity index (χ0) is 20.7. The molecule has 1 aromatic rings. The summed E-state index contributed by atoms with van der Waals surface area (Å²) in [6.45, 7) is 6.12. The van der Waals surface area contributed by atoms with Crippen LogP contribution in [0.2, 0.25) is 5.02 Å². The monoisotopic (exact) mass is 428 g/mol. The fourth-order valence-corrected chi connectivity index (χ4v) is 4.45. The van der Waals surface area contributed by atoms with Gasteiger partial charge in [-0.15, -0.1) is 0 Å². The minimum atomic E-state index is -1.67. The van der Waals surface area contributed by atoms with Gasteiger partial charge >= 0.3 is 12.1 Å². The first-order valence-electron chi connectivity index (χ1n) is 8.62. The molecule has 2 aliphatic rings. The van der Waals surface area contributed by atoms with Gasteiger partial charge in [0.25, 0.3) is 0 Å². The maximum absolute atomic E-state index is 12.6. The standard InChI is InChI=1S/C18H21ClN2O6S/c1-17(2,3)27-15(23)11-4-5-13(12(19)6-11)28(25)7-14(22)21-8-18(9-21)10-26-16(24)20-18/h4-6H,7-10H2,1-3H3,(H,20,24). The number of hydrogen-bond donors (Lipinski definition) is 1. The van der Waals surface area contributed by atoms with E-state index in [2.05, 4.69) is 5.32 Å². The number of amides is 2. The average Bonchev–Trinajstić information content (AvgIpc) is 2.93. The first-order chi connectivity index (χ1) is 13.0. The number of carbonyl (C=O) groups excluding carboxylic acids is 3. The normalized spacial score (nSPS) is 18.9. The van der Waals surface area contributed by atoms with Gasteiger partial charge in [-0.25, -0.2) is 9.59 Å². The topological polar surface area (TPSA) is 102 Å². The average molecular weight is 429 g/mol. The van der Waals surface area contributed by atoms with E-state index in [1.807, 2.05) is 0 Å². The van der Waals surface area contributed by atoms with Crippen LogP contribution in [0.15, 0.2) is 23.1 Å². The molecule has 1 aromatic carbocycles. The molecular weight excluding hydrogens is 408 g/mol. The Labute approximate surface area is 169 Å². The molecule has 2 fully saturated rings. The molecule has 0 aliphatic carbocycles. The minimum Gasteiger partial charge on any atom is -0.456 e. The Kier molecular flexibility index (Phi) is 5.42. The van der Waals surface area contributed by atoms with Gasteiger partial charge in [-0.1, -0.05) is 11.6 Å². The minimum absolute atomic E-state index is 0.131. The predicted molar refractivity (Wildman–Crippen MR) is 102 cm³/mol. The lowest BCUT2D eigenvalue weighted by atomic mass is 9.92. The van der Waals surface area contributed by atoms with Crippen LogP contribution in [0.3, 0.4) is 0 Å². The zero-order valence-electron chi connectivity index (χ0n) is 15.7. The molecule has 0 aromatic heterocycles. The molecule has 1 N–H and O–H groups in total. The molecule has 1 atom stereocenters. The fraction of sp³-hybridized carbons (Fsp3) is 0.500. The van der Waals surface area contributed by atoms with Crippen molar-refractivity contribution in [2.75, 3.05) is 25.4 Å². The van der Waals surface area contributed by atoms with Gasteiger partial charge in [0.2, 0.25) is 5.91 Å². The Morgan fingerprint density at radius 2 is 2.04 bits per heavy atom. The molecule has 1 unspecified atom stereocenters. The highest BCUT2D eigenvalue weighted by atomic mass is 35.5. The van der Waals surface area contributed by atoms with Gasteiger partial charge in [0.05, 0.1) is 26.3 Å². The number of likely N-dealkylation sites (tertiary alicyclic amines) is 1. The van der Waals surface area contributed by atoms with E-state index in [-0.39, 0.29) is 33.7 Å². The lowest BCUT2D eigenvalue weighted by Crippen LogP contribution is -2.70. The molecule has 2 amide bonds. The number of alkyl carbamates (subject to hydrolysis) is 1. The van der Waals surface area contributed by atoms with Crippen molar-refractivity contribution in [3.05, 3.63) is 28.8 Å². The van der Waals surface area contributed by atoms with Gasteiger partial charge in [0.15, 0.2) is 0 Å². The summed E-state index contributed by atoms with van der Waals surface area (Å²) in [6, 6.07) is 4.33. The Balaban J connectivity index is 1.59. The van der Waals surface area contributed by atoms with Crippen LogP contribution in [0.4, 0.5) is 4.79 Å². The third kappa shape index (κ3) is 4.47. The summed E-state index contributed by atoms with van der Waals surface area (Å²) in [5.41, 5.74) is -0.926. The highest BCUT2D eigenvalue weighted by molar-refractivity contribution is 7.85. The van der Waals surface area contributed by atoms with E-state index in [0.717, 1.165) is 0 Å². The summed E-state index contributed by atoms with van der Waals surface area (Å²) in [6.07, 6.45) is -0.493. The summed E-state index contributed by atoms with van der Waals surface area (Å²) < 4.78 is 22.7. The summed E-state index contributed by atoms with van der Waals surface area (Å²) in [5.74, 6) is -1.08. The molecule has 2 aliphatic heterocycles. The molecule has 0 bridgehead atoms. The second-order valence-corrected chi connectivity index (χ2v) is 9.69. The predicted octanol–water partition coefficient (Wildman–Crippen LogP) is 1.72. The molecule has 8 nitrogen and oxygen atoms in total. The van der Waals surface area contributed by atoms with Gasteiger partial charge in [-0.3, -0.25) is 9.00 Å². The lowest BCUT2D eigenvalue weighted by Gasteiger charge is -2.45. The SMILES string of the molecule is CC(C)(C)OC(=O)c1ccc(S(=O)CC(=O)N2CC3(COC(=O)N3)C2)c(Cl)c1. The summed E-state index contributed by atoms with van der Waals surface area (Å²) in [5, 5.41) is 2.81. The Morgan fingerprint density at radius 3 is 2.57 bits per heavy atom. The van der Waals surface area contributed by atoms with Crippen molar-refractivity contribution < 1.29 is 28.1 Å². The molecule has 1 spiro atoms. The molecule has 152 valence electrons. The van der Waals surface area contributed by atoms with Crippen LogP contribution in [0.1, 0.15) is 31.1 Å². The van der Waals surface area contributed by atoms with Crippen molar-refractivity contribution >= 4 is 40.4 Å². The van der Waals surface area contributed by atoms with Crippen molar-refractivity contribution in [3.8, 4) is 0 Å². The molecule has 28 heavy (non-hydrogen) atoms. The van der Waals surface area contributed by atoms with Gasteiger partial charge in [0, 0.05) is 13.1 Å². The smallest absolute Gasteiger partial charge is 0.407 e. The number of halogens is 1. The second kappa shape index (κ2) is 7.36. The van der Waals surface area contributed by atoms with E-state index in [4.69, 9.17) is 21.1 Å². The summed E-state index contributed by atoms with van der Waals surface area (Å²) in [7, 11) is -1.67. The fourth-order valence-electron chi connectivity index (χ4n) is 2.95. The van der Waals surface area contributed by atoms with E-state index >= 15 is 0 Å². The molecule has 0 radical (unpaired) electrons. The Morgan fingerprint density at radius 1 is 1.36 bits per heavy atom. The van der Waals surface area contributed by atoms with Gasteiger partial charge in [-0.2, -0.15) is 0 Å². The lowest BCUT2D eigenvalue weighted by molar-refractivity contribution is -0.136. The van der Waals surface area contributed by atoms with Crippen molar-refractivity contribution in [1.82, 2.24) is 10.2 Å². The molecule has 10 heteroatoms. The zero-order valence-corrected chi connectivity index (χ0v) is 17.3. The summed E-state index contributed by atoms with van der Waals surface area (Å²) >= 11 is 6.18. The van der Waals surface area contributed by atoms with Crippen molar-refractivity contribution in [3.63, 3.8) is 0 Å². The quantitative estimate of drug-likeness (QED) is 0.732. The number of nitrogens with zero attached hydrogens (tertiary/aromatic N) is 1. The Bertz CT molecular complexity index is 860. The number of esters is 1. The van der Waals surface area contributed by atoms with Crippen LogP contribution >= 0.6 is 11.6 Å². The van der Waals surface area contributed by atoms with E-state index < -0.39 is 34.0 Å². The maximum atomic E-state index is 12.6. The number of rotatable bonds is 4.